The smallest absolute Gasteiger partial charge is 0.255 e. The van der Waals surface area contributed by atoms with Gasteiger partial charge in [-0.1, -0.05) is 36.7 Å². The number of nitrogens with zero attached hydrogens (tertiary/aromatic N) is 1. The van der Waals surface area contributed by atoms with Crippen molar-refractivity contribution < 1.29 is 4.79 Å². The van der Waals surface area contributed by atoms with Gasteiger partial charge in [-0.2, -0.15) is 0 Å². The van der Waals surface area contributed by atoms with E-state index in [9.17, 15) is 4.79 Å². The number of amides is 1. The van der Waals surface area contributed by atoms with E-state index in [-0.39, 0.29) is 5.91 Å². The second-order valence-corrected chi connectivity index (χ2v) is 6.82. The Morgan fingerprint density at radius 2 is 2.08 bits per heavy atom. The lowest BCUT2D eigenvalue weighted by molar-refractivity contribution is 0.102. The fourth-order valence-electron chi connectivity index (χ4n) is 3.42. The first-order valence-corrected chi connectivity index (χ1v) is 9.05. The molecule has 1 aromatic heterocycles. The molecule has 1 aliphatic rings. The van der Waals surface area contributed by atoms with Gasteiger partial charge in [-0.15, -0.1) is 0 Å². The minimum absolute atomic E-state index is 0.131. The number of pyridine rings is 1. The van der Waals surface area contributed by atoms with Crippen molar-refractivity contribution in [1.82, 2.24) is 4.98 Å². The highest BCUT2D eigenvalue weighted by molar-refractivity contribution is 6.36. The molecule has 126 valence electrons. The molecule has 0 aliphatic heterocycles. The zero-order valence-electron chi connectivity index (χ0n) is 14.1. The summed E-state index contributed by atoms with van der Waals surface area (Å²) in [7, 11) is 0. The van der Waals surface area contributed by atoms with Crippen molar-refractivity contribution in [3.63, 3.8) is 0 Å². The molecule has 0 unspecified atom stereocenters. The van der Waals surface area contributed by atoms with Crippen molar-refractivity contribution >= 4 is 34.1 Å². The summed E-state index contributed by atoms with van der Waals surface area (Å²) in [5.41, 5.74) is 5.63. The van der Waals surface area contributed by atoms with Crippen molar-refractivity contribution in [1.29, 1.82) is 0 Å². The summed E-state index contributed by atoms with van der Waals surface area (Å²) in [5, 5.41) is 4.68. The number of nitrogens with one attached hydrogen (secondary N) is 1. The number of hydrogen-bond acceptors (Lipinski definition) is 2. The largest absolute Gasteiger partial charge is 0.322 e. The van der Waals surface area contributed by atoms with Gasteiger partial charge >= 0.3 is 0 Å². The zero-order chi connectivity index (χ0) is 17.4. The van der Waals surface area contributed by atoms with E-state index in [0.717, 1.165) is 53.0 Å². The molecule has 1 heterocycles. The SMILES string of the molecule is CCc1cccc(NC(=O)c2ccc3c(Cl)c4c(nc3c2)CCC4)c1. The number of anilines is 1. The van der Waals surface area contributed by atoms with Gasteiger partial charge in [0, 0.05) is 22.3 Å². The van der Waals surface area contributed by atoms with Gasteiger partial charge < -0.3 is 5.32 Å². The third-order valence-corrected chi connectivity index (χ3v) is 5.23. The number of rotatable bonds is 3. The topological polar surface area (TPSA) is 42.0 Å². The molecule has 1 N–H and O–H groups in total. The molecular formula is C21H19ClN2O. The summed E-state index contributed by atoms with van der Waals surface area (Å²) in [5.74, 6) is -0.131. The lowest BCUT2D eigenvalue weighted by Crippen LogP contribution is -2.12. The Bertz CT molecular complexity index is 981. The van der Waals surface area contributed by atoms with E-state index in [4.69, 9.17) is 16.6 Å². The normalized spacial score (nSPS) is 13.0. The molecule has 0 atom stereocenters. The van der Waals surface area contributed by atoms with E-state index in [1.54, 1.807) is 0 Å². The number of hydrogen-bond donors (Lipinski definition) is 1. The number of aromatic nitrogens is 1. The van der Waals surface area contributed by atoms with Crippen molar-refractivity contribution in [2.24, 2.45) is 0 Å². The van der Waals surface area contributed by atoms with Gasteiger partial charge in [-0.05, 0) is 61.1 Å². The van der Waals surface area contributed by atoms with Crippen LogP contribution in [-0.2, 0) is 19.3 Å². The maximum Gasteiger partial charge on any atom is 0.255 e. The molecule has 0 bridgehead atoms. The van der Waals surface area contributed by atoms with E-state index < -0.39 is 0 Å². The van der Waals surface area contributed by atoms with E-state index >= 15 is 0 Å². The minimum atomic E-state index is -0.131. The molecule has 0 spiro atoms. The summed E-state index contributed by atoms with van der Waals surface area (Å²) in [6, 6.07) is 13.5. The molecule has 0 fully saturated rings. The zero-order valence-corrected chi connectivity index (χ0v) is 14.9. The standard InChI is InChI=1S/C21H19ClN2O/c1-2-13-5-3-6-15(11-13)23-21(25)14-9-10-17-19(12-14)24-18-8-4-7-16(18)20(17)22/h3,5-6,9-12H,2,4,7-8H2,1H3,(H,23,25). The predicted molar refractivity (Wildman–Crippen MR) is 103 cm³/mol. The van der Waals surface area contributed by atoms with Crippen LogP contribution in [0.5, 0.6) is 0 Å². The van der Waals surface area contributed by atoms with Gasteiger partial charge in [0.25, 0.3) is 5.91 Å². The van der Waals surface area contributed by atoms with E-state index in [2.05, 4.69) is 18.3 Å². The van der Waals surface area contributed by atoms with Crippen molar-refractivity contribution in [2.75, 3.05) is 5.32 Å². The maximum atomic E-state index is 12.6. The number of fused-ring (bicyclic) bond motifs is 2. The summed E-state index contributed by atoms with van der Waals surface area (Å²) in [4.78, 5) is 17.3. The number of benzene rings is 2. The van der Waals surface area contributed by atoms with Crippen LogP contribution in [0.1, 0.15) is 40.5 Å². The molecule has 1 amide bonds. The minimum Gasteiger partial charge on any atom is -0.322 e. The van der Waals surface area contributed by atoms with Crippen LogP contribution >= 0.6 is 11.6 Å². The van der Waals surface area contributed by atoms with Gasteiger partial charge in [0.2, 0.25) is 0 Å². The van der Waals surface area contributed by atoms with Crippen LogP contribution < -0.4 is 5.32 Å². The fourth-order valence-corrected chi connectivity index (χ4v) is 3.78. The number of aryl methyl sites for hydroxylation is 2. The van der Waals surface area contributed by atoms with Crippen molar-refractivity contribution in [2.45, 2.75) is 32.6 Å². The number of halogens is 1. The Kier molecular flexibility index (Phi) is 4.18. The Balaban J connectivity index is 1.67. The molecule has 0 saturated heterocycles. The first-order valence-electron chi connectivity index (χ1n) is 8.67. The monoisotopic (exact) mass is 350 g/mol. The molecule has 4 heteroatoms. The van der Waals surface area contributed by atoms with Crippen LogP contribution in [0.15, 0.2) is 42.5 Å². The van der Waals surface area contributed by atoms with Gasteiger partial charge in [0.05, 0.1) is 10.5 Å². The predicted octanol–water partition coefficient (Wildman–Crippen LogP) is 5.19. The number of carbonyl (C=O) groups excluding carboxylic acids is 1. The van der Waals surface area contributed by atoms with Gasteiger partial charge in [-0.25, -0.2) is 0 Å². The average molecular weight is 351 g/mol. The second-order valence-electron chi connectivity index (χ2n) is 6.44. The van der Waals surface area contributed by atoms with Crippen LogP contribution in [0.4, 0.5) is 5.69 Å². The highest BCUT2D eigenvalue weighted by atomic mass is 35.5. The highest BCUT2D eigenvalue weighted by Gasteiger charge is 2.19. The quantitative estimate of drug-likeness (QED) is 0.706. The van der Waals surface area contributed by atoms with Crippen LogP contribution in [0.25, 0.3) is 10.9 Å². The fraction of sp³-hybridized carbons (Fsp3) is 0.238. The summed E-state index contributed by atoms with van der Waals surface area (Å²) < 4.78 is 0. The van der Waals surface area contributed by atoms with Gasteiger partial charge in [0.1, 0.15) is 0 Å². The molecule has 1 aliphatic carbocycles. The second kappa shape index (κ2) is 6.49. The van der Waals surface area contributed by atoms with Crippen molar-refractivity contribution in [3.05, 3.63) is 69.9 Å². The summed E-state index contributed by atoms with van der Waals surface area (Å²) in [6.45, 7) is 2.10. The molecule has 0 radical (unpaired) electrons. The van der Waals surface area contributed by atoms with Crippen LogP contribution in [0.3, 0.4) is 0 Å². The Morgan fingerprint density at radius 3 is 2.92 bits per heavy atom. The maximum absolute atomic E-state index is 12.6. The first-order chi connectivity index (χ1) is 12.2. The summed E-state index contributed by atoms with van der Waals surface area (Å²) >= 11 is 6.54. The third kappa shape index (κ3) is 3.00. The highest BCUT2D eigenvalue weighted by Crippen LogP contribution is 2.33. The van der Waals surface area contributed by atoms with E-state index in [1.807, 2.05) is 36.4 Å². The van der Waals surface area contributed by atoms with Gasteiger partial charge in [0.15, 0.2) is 0 Å². The lowest BCUT2D eigenvalue weighted by atomic mass is 10.1. The van der Waals surface area contributed by atoms with Crippen LogP contribution in [0, 0.1) is 0 Å². The molecule has 25 heavy (non-hydrogen) atoms. The molecule has 0 saturated carbocycles. The Hall–Kier alpha value is -2.39. The average Bonchev–Trinajstić information content (AvgIpc) is 3.10. The van der Waals surface area contributed by atoms with Gasteiger partial charge in [-0.3, -0.25) is 9.78 Å². The van der Waals surface area contributed by atoms with Crippen LogP contribution in [0.2, 0.25) is 5.02 Å². The summed E-state index contributed by atoms with van der Waals surface area (Å²) in [6.07, 6.45) is 3.99. The number of carbonyl (C=O) groups is 1. The molecular weight excluding hydrogens is 332 g/mol. The molecule has 4 rings (SSSR count). The Morgan fingerprint density at radius 1 is 1.20 bits per heavy atom. The van der Waals surface area contributed by atoms with Crippen molar-refractivity contribution in [3.8, 4) is 0 Å². The molecule has 3 aromatic rings. The molecule has 2 aromatic carbocycles. The van der Waals surface area contributed by atoms with Crippen LogP contribution in [-0.4, -0.2) is 10.9 Å². The Labute approximate surface area is 152 Å². The lowest BCUT2D eigenvalue weighted by Gasteiger charge is -2.10. The van der Waals surface area contributed by atoms with E-state index in [1.165, 1.54) is 11.1 Å². The third-order valence-electron chi connectivity index (χ3n) is 4.80. The first kappa shape index (κ1) is 16.1. The molecule has 3 nitrogen and oxygen atoms in total. The van der Waals surface area contributed by atoms with E-state index in [0.29, 0.717) is 5.56 Å².